The molecular formula is C11H13ClO3S. The summed E-state index contributed by atoms with van der Waals surface area (Å²) in [5, 5.41) is 0.537. The van der Waals surface area contributed by atoms with Crippen LogP contribution in [0.2, 0.25) is 5.02 Å². The number of Topliss-reactive ketones (excluding diaryl/α,β-unsaturated/α-hetero) is 1. The van der Waals surface area contributed by atoms with Crippen LogP contribution in [-0.2, 0) is 21.1 Å². The minimum Gasteiger partial charge on any atom is -0.299 e. The molecule has 0 N–H and O–H groups in total. The number of carbonyl (C=O) groups is 1. The van der Waals surface area contributed by atoms with Gasteiger partial charge in [-0.15, -0.1) is 0 Å². The fraction of sp³-hybridized carbons (Fsp3) is 0.364. The van der Waals surface area contributed by atoms with Crippen LogP contribution in [0.1, 0.15) is 12.0 Å². The number of carbonyl (C=O) groups excluding carboxylic acids is 1. The average molecular weight is 261 g/mol. The van der Waals surface area contributed by atoms with Gasteiger partial charge < -0.3 is 0 Å². The van der Waals surface area contributed by atoms with Crippen molar-refractivity contribution in [3.8, 4) is 0 Å². The van der Waals surface area contributed by atoms with Crippen molar-refractivity contribution < 1.29 is 13.2 Å². The predicted molar refractivity (Wildman–Crippen MR) is 64.5 cm³/mol. The molecular weight excluding hydrogens is 248 g/mol. The molecule has 0 amide bonds. The van der Waals surface area contributed by atoms with E-state index in [1.165, 1.54) is 0 Å². The van der Waals surface area contributed by atoms with E-state index >= 15 is 0 Å². The van der Waals surface area contributed by atoms with E-state index in [1.54, 1.807) is 24.3 Å². The van der Waals surface area contributed by atoms with Crippen LogP contribution in [0.25, 0.3) is 0 Å². The van der Waals surface area contributed by atoms with Crippen molar-refractivity contribution >= 4 is 27.2 Å². The van der Waals surface area contributed by atoms with Gasteiger partial charge in [0.05, 0.1) is 5.75 Å². The summed E-state index contributed by atoms with van der Waals surface area (Å²) in [6.07, 6.45) is 1.36. The Labute approximate surface area is 100 Å². The Balaban J connectivity index is 2.56. The highest BCUT2D eigenvalue weighted by atomic mass is 35.5. The van der Waals surface area contributed by atoms with Crippen LogP contribution in [0.3, 0.4) is 0 Å². The number of ketones is 1. The molecule has 0 aliphatic carbocycles. The molecule has 0 fully saturated rings. The number of benzene rings is 1. The van der Waals surface area contributed by atoms with Gasteiger partial charge in [0.2, 0.25) is 0 Å². The first-order valence-corrected chi connectivity index (χ1v) is 7.25. The molecule has 0 aliphatic heterocycles. The summed E-state index contributed by atoms with van der Waals surface area (Å²) in [4.78, 5) is 11.5. The fourth-order valence-corrected chi connectivity index (χ4v) is 2.04. The summed E-state index contributed by atoms with van der Waals surface area (Å²) in [5.74, 6) is -0.213. The second-order valence-electron chi connectivity index (χ2n) is 3.69. The lowest BCUT2D eigenvalue weighted by molar-refractivity contribution is -0.118. The largest absolute Gasteiger partial charge is 0.299 e. The lowest BCUT2D eigenvalue weighted by Gasteiger charge is -2.02. The molecule has 0 bridgehead atoms. The molecule has 1 rings (SSSR count). The summed E-state index contributed by atoms with van der Waals surface area (Å²) in [6.45, 7) is 0. The van der Waals surface area contributed by atoms with Crippen molar-refractivity contribution in [2.45, 2.75) is 12.8 Å². The Morgan fingerprint density at radius 2 is 1.94 bits per heavy atom. The minimum atomic E-state index is -3.08. The number of rotatable bonds is 5. The summed E-state index contributed by atoms with van der Waals surface area (Å²) < 4.78 is 21.8. The first kappa shape index (κ1) is 13.2. The second kappa shape index (κ2) is 5.46. The summed E-state index contributed by atoms with van der Waals surface area (Å²) in [6, 6.07) is 7.05. The third kappa shape index (κ3) is 4.77. The number of hydrogen-bond donors (Lipinski definition) is 0. The molecule has 0 radical (unpaired) electrons. The smallest absolute Gasteiger partial charge is 0.147 e. The quantitative estimate of drug-likeness (QED) is 0.812. The van der Waals surface area contributed by atoms with E-state index in [4.69, 9.17) is 11.6 Å². The maximum Gasteiger partial charge on any atom is 0.147 e. The van der Waals surface area contributed by atoms with Gasteiger partial charge in [-0.25, -0.2) is 8.42 Å². The Morgan fingerprint density at radius 1 is 1.31 bits per heavy atom. The van der Waals surface area contributed by atoms with Crippen LogP contribution < -0.4 is 0 Å². The molecule has 88 valence electrons. The van der Waals surface area contributed by atoms with Gasteiger partial charge in [-0.3, -0.25) is 4.79 Å². The normalized spacial score (nSPS) is 11.4. The Bertz CT molecular complexity index is 480. The molecule has 0 saturated heterocycles. The van der Waals surface area contributed by atoms with Crippen LogP contribution in [0.4, 0.5) is 0 Å². The number of sulfone groups is 1. The van der Waals surface area contributed by atoms with Crippen molar-refractivity contribution in [2.75, 3.05) is 12.0 Å². The molecule has 0 atom stereocenters. The van der Waals surface area contributed by atoms with Gasteiger partial charge in [0.15, 0.2) is 0 Å². The Morgan fingerprint density at radius 3 is 2.50 bits per heavy atom. The summed E-state index contributed by atoms with van der Waals surface area (Å²) in [5.41, 5.74) is 0.739. The third-order valence-corrected chi connectivity index (χ3v) is 3.41. The zero-order valence-corrected chi connectivity index (χ0v) is 10.5. The van der Waals surface area contributed by atoms with Crippen molar-refractivity contribution in [3.63, 3.8) is 0 Å². The van der Waals surface area contributed by atoms with Crippen LogP contribution in [0.15, 0.2) is 24.3 Å². The molecule has 0 heterocycles. The standard InChI is InChI=1S/C11H13ClO3S/c1-16(14,15)7-6-10(13)8-9-4-2-3-5-11(9)12/h2-5H,6-8H2,1H3. The van der Waals surface area contributed by atoms with Gasteiger partial charge >= 0.3 is 0 Å². The van der Waals surface area contributed by atoms with Crippen molar-refractivity contribution in [1.82, 2.24) is 0 Å². The third-order valence-electron chi connectivity index (χ3n) is 2.10. The zero-order valence-electron chi connectivity index (χ0n) is 8.94. The first-order chi connectivity index (χ1) is 7.38. The zero-order chi connectivity index (χ0) is 12.2. The van der Waals surface area contributed by atoms with Crippen LogP contribution in [-0.4, -0.2) is 26.2 Å². The van der Waals surface area contributed by atoms with Gasteiger partial charge in [0.25, 0.3) is 0 Å². The van der Waals surface area contributed by atoms with Crippen molar-refractivity contribution in [1.29, 1.82) is 0 Å². The van der Waals surface area contributed by atoms with Crippen LogP contribution in [0.5, 0.6) is 0 Å². The molecule has 1 aromatic rings. The Kier molecular flexibility index (Phi) is 4.50. The van der Waals surface area contributed by atoms with E-state index < -0.39 is 9.84 Å². The van der Waals surface area contributed by atoms with Gasteiger partial charge in [-0.05, 0) is 11.6 Å². The SMILES string of the molecule is CS(=O)(=O)CCC(=O)Cc1ccccc1Cl. The minimum absolute atomic E-state index is 0.0457. The van der Waals surface area contributed by atoms with Crippen LogP contribution in [0, 0.1) is 0 Å². The molecule has 0 aliphatic rings. The fourth-order valence-electron chi connectivity index (χ4n) is 1.24. The van der Waals surface area contributed by atoms with Gasteiger partial charge in [-0.1, -0.05) is 29.8 Å². The molecule has 3 nitrogen and oxygen atoms in total. The molecule has 5 heteroatoms. The topological polar surface area (TPSA) is 51.2 Å². The van der Waals surface area contributed by atoms with Gasteiger partial charge in [0.1, 0.15) is 15.6 Å². The van der Waals surface area contributed by atoms with E-state index in [1.807, 2.05) is 0 Å². The first-order valence-electron chi connectivity index (χ1n) is 4.81. The summed E-state index contributed by atoms with van der Waals surface area (Å²) >= 11 is 5.89. The number of halogens is 1. The molecule has 16 heavy (non-hydrogen) atoms. The van der Waals surface area contributed by atoms with Gasteiger partial charge in [0, 0.05) is 24.1 Å². The Hall–Kier alpha value is -0.870. The van der Waals surface area contributed by atoms with Gasteiger partial charge in [-0.2, -0.15) is 0 Å². The molecule has 0 saturated carbocycles. The highest BCUT2D eigenvalue weighted by molar-refractivity contribution is 7.90. The van der Waals surface area contributed by atoms with E-state index in [-0.39, 0.29) is 24.4 Å². The maximum atomic E-state index is 11.5. The number of hydrogen-bond acceptors (Lipinski definition) is 3. The van der Waals surface area contributed by atoms with Crippen molar-refractivity contribution in [3.05, 3.63) is 34.9 Å². The molecule has 0 spiro atoms. The highest BCUT2D eigenvalue weighted by Crippen LogP contribution is 2.16. The average Bonchev–Trinajstić information content (AvgIpc) is 2.18. The summed E-state index contributed by atoms with van der Waals surface area (Å²) in [7, 11) is -3.08. The van der Waals surface area contributed by atoms with E-state index in [0.29, 0.717) is 5.02 Å². The molecule has 1 aromatic carbocycles. The second-order valence-corrected chi connectivity index (χ2v) is 6.35. The highest BCUT2D eigenvalue weighted by Gasteiger charge is 2.10. The molecule has 0 aromatic heterocycles. The van der Waals surface area contributed by atoms with Crippen molar-refractivity contribution in [2.24, 2.45) is 0 Å². The predicted octanol–water partition coefficient (Wildman–Crippen LogP) is 1.89. The van der Waals surface area contributed by atoms with E-state index in [0.717, 1.165) is 11.8 Å². The molecule has 0 unspecified atom stereocenters. The monoisotopic (exact) mass is 260 g/mol. The lowest BCUT2D eigenvalue weighted by Crippen LogP contribution is -2.11. The van der Waals surface area contributed by atoms with Crippen LogP contribution >= 0.6 is 11.6 Å². The van der Waals surface area contributed by atoms with E-state index in [9.17, 15) is 13.2 Å². The lowest BCUT2D eigenvalue weighted by atomic mass is 10.1. The van der Waals surface area contributed by atoms with E-state index in [2.05, 4.69) is 0 Å². The maximum absolute atomic E-state index is 11.5.